The molecule has 0 aliphatic rings. The second kappa shape index (κ2) is 5.55. The van der Waals surface area contributed by atoms with Crippen molar-refractivity contribution in [2.45, 2.75) is 6.92 Å². The molecule has 0 aliphatic carbocycles. The molecule has 10 heteroatoms. The second-order valence-electron chi connectivity index (χ2n) is 4.47. The van der Waals surface area contributed by atoms with Crippen molar-refractivity contribution in [2.24, 2.45) is 0 Å². The normalized spacial score (nSPS) is 10.9. The predicted molar refractivity (Wildman–Crippen MR) is 73.2 cm³/mol. The number of nitrogens with zero attached hydrogens (tertiary/aromatic N) is 4. The standard InChI is InChI=1S/C13H9F2N5O3/c1-2-23-12(22)7-5-20(13-16-18-19-17-13)10-4-9(15)8(14)3-6(10)11(7)21/h3-5H,2H2,1H3,(H,16,17,18,19). The summed E-state index contributed by atoms with van der Waals surface area (Å²) < 4.78 is 33.0. The molecule has 118 valence electrons. The zero-order valence-corrected chi connectivity index (χ0v) is 11.7. The summed E-state index contributed by atoms with van der Waals surface area (Å²) in [5, 5.41) is 12.6. The monoisotopic (exact) mass is 321 g/mol. The molecule has 0 fully saturated rings. The van der Waals surface area contributed by atoms with Gasteiger partial charge in [0, 0.05) is 12.3 Å². The Hall–Kier alpha value is -3.17. The fourth-order valence-corrected chi connectivity index (χ4v) is 2.11. The third kappa shape index (κ3) is 2.43. The van der Waals surface area contributed by atoms with Gasteiger partial charge in [0.2, 0.25) is 5.43 Å². The van der Waals surface area contributed by atoms with Crippen LogP contribution in [0.1, 0.15) is 17.3 Å². The summed E-state index contributed by atoms with van der Waals surface area (Å²) in [5.41, 5.74) is -1.12. The molecule has 3 rings (SSSR count). The molecule has 1 aromatic carbocycles. The number of esters is 1. The molecule has 1 N–H and O–H groups in total. The first-order chi connectivity index (χ1) is 11.0. The topological polar surface area (TPSA) is 103 Å². The van der Waals surface area contributed by atoms with Crippen LogP contribution in [0.4, 0.5) is 8.78 Å². The Morgan fingerprint density at radius 3 is 2.74 bits per heavy atom. The van der Waals surface area contributed by atoms with E-state index in [4.69, 9.17) is 4.74 Å². The molecular formula is C13H9F2N5O3. The maximum absolute atomic E-state index is 13.5. The summed E-state index contributed by atoms with van der Waals surface area (Å²) in [6.07, 6.45) is 1.11. The minimum absolute atomic E-state index is 0.000462. The van der Waals surface area contributed by atoms with Crippen LogP contribution >= 0.6 is 0 Å². The van der Waals surface area contributed by atoms with E-state index in [2.05, 4.69) is 20.6 Å². The zero-order chi connectivity index (χ0) is 16.6. The molecule has 2 aromatic heterocycles. The van der Waals surface area contributed by atoms with Gasteiger partial charge >= 0.3 is 5.97 Å². The number of hydrogen-bond acceptors (Lipinski definition) is 6. The van der Waals surface area contributed by atoms with Gasteiger partial charge in [0.15, 0.2) is 11.6 Å². The lowest BCUT2D eigenvalue weighted by atomic mass is 10.1. The third-order valence-corrected chi connectivity index (χ3v) is 3.10. The molecule has 0 bridgehead atoms. The number of nitrogens with one attached hydrogen (secondary N) is 1. The van der Waals surface area contributed by atoms with Crippen molar-refractivity contribution >= 4 is 16.9 Å². The number of benzene rings is 1. The van der Waals surface area contributed by atoms with Crippen molar-refractivity contribution < 1.29 is 18.3 Å². The average Bonchev–Trinajstić information content (AvgIpc) is 3.04. The van der Waals surface area contributed by atoms with Crippen molar-refractivity contribution in [3.63, 3.8) is 0 Å². The largest absolute Gasteiger partial charge is 0.462 e. The van der Waals surface area contributed by atoms with Gasteiger partial charge in [-0.1, -0.05) is 5.10 Å². The van der Waals surface area contributed by atoms with Crippen molar-refractivity contribution in [1.29, 1.82) is 0 Å². The number of carbonyl (C=O) groups is 1. The van der Waals surface area contributed by atoms with Gasteiger partial charge in [0.25, 0.3) is 5.95 Å². The van der Waals surface area contributed by atoms with Gasteiger partial charge in [-0.2, -0.15) is 0 Å². The Kier molecular flexibility index (Phi) is 3.56. The fraction of sp³-hybridized carbons (Fsp3) is 0.154. The fourth-order valence-electron chi connectivity index (χ4n) is 2.11. The summed E-state index contributed by atoms with van der Waals surface area (Å²) >= 11 is 0. The number of tetrazole rings is 1. The lowest BCUT2D eigenvalue weighted by molar-refractivity contribution is 0.0524. The Morgan fingerprint density at radius 1 is 1.35 bits per heavy atom. The molecule has 0 saturated carbocycles. The molecule has 0 aliphatic heterocycles. The van der Waals surface area contributed by atoms with Gasteiger partial charge in [-0.15, -0.1) is 0 Å². The first-order valence-electron chi connectivity index (χ1n) is 6.48. The second-order valence-corrected chi connectivity index (χ2v) is 4.47. The van der Waals surface area contributed by atoms with E-state index in [0.29, 0.717) is 0 Å². The van der Waals surface area contributed by atoms with Crippen molar-refractivity contribution in [1.82, 2.24) is 25.2 Å². The molecule has 3 aromatic rings. The summed E-state index contributed by atoms with van der Waals surface area (Å²) in [4.78, 5) is 24.3. The summed E-state index contributed by atoms with van der Waals surface area (Å²) in [5.74, 6) is -3.23. The van der Waals surface area contributed by atoms with E-state index in [1.165, 1.54) is 4.57 Å². The van der Waals surface area contributed by atoms with Crippen LogP contribution in [-0.2, 0) is 4.74 Å². The van der Waals surface area contributed by atoms with Crippen LogP contribution in [0.25, 0.3) is 16.9 Å². The highest BCUT2D eigenvalue weighted by Gasteiger charge is 2.20. The first kappa shape index (κ1) is 14.8. The number of fused-ring (bicyclic) bond motifs is 1. The molecule has 0 amide bonds. The zero-order valence-electron chi connectivity index (χ0n) is 11.7. The highest BCUT2D eigenvalue weighted by atomic mass is 19.2. The Morgan fingerprint density at radius 2 is 2.09 bits per heavy atom. The van der Waals surface area contributed by atoms with E-state index in [-0.39, 0.29) is 29.0 Å². The highest BCUT2D eigenvalue weighted by molar-refractivity contribution is 5.94. The molecule has 0 radical (unpaired) electrons. The summed E-state index contributed by atoms with van der Waals surface area (Å²) in [7, 11) is 0. The van der Waals surface area contributed by atoms with Gasteiger partial charge in [0.1, 0.15) is 5.56 Å². The molecular weight excluding hydrogens is 312 g/mol. The van der Waals surface area contributed by atoms with Crippen molar-refractivity contribution in [3.8, 4) is 5.95 Å². The van der Waals surface area contributed by atoms with Crippen LogP contribution in [0.2, 0.25) is 0 Å². The number of aromatic amines is 1. The van der Waals surface area contributed by atoms with E-state index in [1.807, 2.05) is 0 Å². The Balaban J connectivity index is 2.40. The Bertz CT molecular complexity index is 952. The van der Waals surface area contributed by atoms with Gasteiger partial charge < -0.3 is 4.74 Å². The molecule has 0 unspecified atom stereocenters. The summed E-state index contributed by atoms with van der Waals surface area (Å²) in [6, 6.07) is 1.54. The summed E-state index contributed by atoms with van der Waals surface area (Å²) in [6.45, 7) is 1.63. The van der Waals surface area contributed by atoms with Crippen LogP contribution < -0.4 is 5.43 Å². The first-order valence-corrected chi connectivity index (χ1v) is 6.48. The van der Waals surface area contributed by atoms with Crippen LogP contribution in [0.15, 0.2) is 23.1 Å². The number of carbonyl (C=O) groups excluding carboxylic acids is 1. The maximum Gasteiger partial charge on any atom is 0.343 e. The SMILES string of the molecule is CCOC(=O)c1cn(-c2nnn[nH]2)c2cc(F)c(F)cc2c1=O. The van der Waals surface area contributed by atoms with Gasteiger partial charge in [0.05, 0.1) is 17.5 Å². The molecule has 2 heterocycles. The molecule has 23 heavy (non-hydrogen) atoms. The highest BCUT2D eigenvalue weighted by Crippen LogP contribution is 2.19. The maximum atomic E-state index is 13.5. The number of hydrogen-bond donors (Lipinski definition) is 1. The molecule has 0 spiro atoms. The average molecular weight is 321 g/mol. The molecule has 0 atom stereocenters. The number of pyridine rings is 1. The number of ether oxygens (including phenoxy) is 1. The smallest absolute Gasteiger partial charge is 0.343 e. The number of H-pyrrole nitrogens is 1. The van der Waals surface area contributed by atoms with E-state index in [9.17, 15) is 18.4 Å². The van der Waals surface area contributed by atoms with Crippen LogP contribution in [0.5, 0.6) is 0 Å². The molecule has 0 saturated heterocycles. The van der Waals surface area contributed by atoms with Gasteiger partial charge in [-0.25, -0.2) is 18.7 Å². The lowest BCUT2D eigenvalue weighted by Crippen LogP contribution is -2.21. The predicted octanol–water partition coefficient (Wildman–Crippen LogP) is 0.959. The van der Waals surface area contributed by atoms with Crippen molar-refractivity contribution in [2.75, 3.05) is 6.61 Å². The van der Waals surface area contributed by atoms with E-state index in [0.717, 1.165) is 18.3 Å². The minimum atomic E-state index is -1.21. The number of rotatable bonds is 3. The lowest BCUT2D eigenvalue weighted by Gasteiger charge is -2.10. The van der Waals surface area contributed by atoms with Gasteiger partial charge in [-0.3, -0.25) is 9.36 Å². The quantitative estimate of drug-likeness (QED) is 0.721. The van der Waals surface area contributed by atoms with Crippen molar-refractivity contribution in [3.05, 3.63) is 45.8 Å². The van der Waals surface area contributed by atoms with Crippen LogP contribution in [-0.4, -0.2) is 37.8 Å². The molecule has 8 nitrogen and oxygen atoms in total. The minimum Gasteiger partial charge on any atom is -0.462 e. The van der Waals surface area contributed by atoms with E-state index < -0.39 is 23.0 Å². The van der Waals surface area contributed by atoms with Crippen LogP contribution in [0.3, 0.4) is 0 Å². The van der Waals surface area contributed by atoms with E-state index in [1.54, 1.807) is 6.92 Å². The van der Waals surface area contributed by atoms with Gasteiger partial charge in [-0.05, 0) is 23.4 Å². The Labute approximate surface area is 126 Å². The van der Waals surface area contributed by atoms with E-state index >= 15 is 0 Å². The van der Waals surface area contributed by atoms with Crippen LogP contribution in [0, 0.1) is 11.6 Å². The third-order valence-electron chi connectivity index (χ3n) is 3.10. The number of aromatic nitrogens is 5. The number of halogens is 2.